The summed E-state index contributed by atoms with van der Waals surface area (Å²) in [4.78, 5) is 11.1. The Morgan fingerprint density at radius 2 is 1.82 bits per heavy atom. The summed E-state index contributed by atoms with van der Waals surface area (Å²) < 4.78 is 0. The molecule has 0 aromatic rings. The van der Waals surface area contributed by atoms with Crippen LogP contribution >= 0.6 is 0 Å². The van der Waals surface area contributed by atoms with E-state index in [1.165, 1.54) is 0 Å². The standard InChI is InChI=1S/C10H12O/c1-4-7-9(8-5-2)10(11)6-3/h1-2,9H,6-8H2,3H3. The molecule has 0 amide bonds. The Labute approximate surface area is 68.2 Å². The van der Waals surface area contributed by atoms with Crippen LogP contribution < -0.4 is 0 Å². The second-order valence-corrected chi connectivity index (χ2v) is 2.33. The molecule has 0 aromatic heterocycles. The first kappa shape index (κ1) is 9.79. The van der Waals surface area contributed by atoms with Gasteiger partial charge in [-0.3, -0.25) is 4.79 Å². The monoisotopic (exact) mass is 148 g/mol. The predicted molar refractivity (Wildman–Crippen MR) is 45.7 cm³/mol. The van der Waals surface area contributed by atoms with Crippen LogP contribution in [0.25, 0.3) is 0 Å². The van der Waals surface area contributed by atoms with Crippen molar-refractivity contribution >= 4 is 5.78 Å². The number of carbonyl (C=O) groups is 1. The van der Waals surface area contributed by atoms with E-state index in [0.29, 0.717) is 19.3 Å². The summed E-state index contributed by atoms with van der Waals surface area (Å²) in [5.41, 5.74) is 0. The first-order valence-corrected chi connectivity index (χ1v) is 3.65. The minimum absolute atomic E-state index is 0.116. The van der Waals surface area contributed by atoms with Gasteiger partial charge in [-0.25, -0.2) is 0 Å². The van der Waals surface area contributed by atoms with Crippen LogP contribution in [-0.2, 0) is 4.79 Å². The summed E-state index contributed by atoms with van der Waals surface area (Å²) >= 11 is 0. The zero-order valence-electron chi connectivity index (χ0n) is 6.76. The molecular formula is C10H12O. The van der Waals surface area contributed by atoms with Crippen molar-refractivity contribution < 1.29 is 4.79 Å². The number of Topliss-reactive ketones (excluding diaryl/α,β-unsaturated/α-hetero) is 1. The summed E-state index contributed by atoms with van der Waals surface area (Å²) in [6.45, 7) is 1.82. The number of ketones is 1. The summed E-state index contributed by atoms with van der Waals surface area (Å²) in [5.74, 6) is 4.95. The Morgan fingerprint density at radius 3 is 2.09 bits per heavy atom. The van der Waals surface area contributed by atoms with Crippen molar-refractivity contribution in [1.29, 1.82) is 0 Å². The zero-order chi connectivity index (χ0) is 8.69. The van der Waals surface area contributed by atoms with Crippen LogP contribution in [-0.4, -0.2) is 5.78 Å². The highest BCUT2D eigenvalue weighted by molar-refractivity contribution is 5.81. The molecule has 0 atom stereocenters. The fourth-order valence-corrected chi connectivity index (χ4v) is 0.873. The Morgan fingerprint density at radius 1 is 1.36 bits per heavy atom. The minimum atomic E-state index is -0.116. The van der Waals surface area contributed by atoms with Crippen molar-refractivity contribution in [3.05, 3.63) is 0 Å². The van der Waals surface area contributed by atoms with Gasteiger partial charge in [-0.1, -0.05) is 6.92 Å². The molecule has 0 rings (SSSR count). The van der Waals surface area contributed by atoms with Gasteiger partial charge in [0.05, 0.1) is 0 Å². The second kappa shape index (κ2) is 5.57. The third-order valence-corrected chi connectivity index (χ3v) is 1.53. The highest BCUT2D eigenvalue weighted by atomic mass is 16.1. The molecule has 0 bridgehead atoms. The van der Waals surface area contributed by atoms with Crippen LogP contribution in [0.3, 0.4) is 0 Å². The largest absolute Gasteiger partial charge is 0.299 e. The first-order valence-electron chi connectivity index (χ1n) is 3.65. The lowest BCUT2D eigenvalue weighted by molar-refractivity contribution is -0.122. The summed E-state index contributed by atoms with van der Waals surface area (Å²) in [6.07, 6.45) is 11.6. The van der Waals surface area contributed by atoms with Gasteiger partial charge in [0.25, 0.3) is 0 Å². The molecule has 0 unspecified atom stereocenters. The number of terminal acetylenes is 2. The molecule has 0 aliphatic heterocycles. The van der Waals surface area contributed by atoms with Crippen molar-refractivity contribution in [1.82, 2.24) is 0 Å². The number of rotatable bonds is 4. The summed E-state index contributed by atoms with van der Waals surface area (Å²) in [6, 6.07) is 0. The van der Waals surface area contributed by atoms with Gasteiger partial charge in [0.15, 0.2) is 0 Å². The molecule has 0 N–H and O–H groups in total. The van der Waals surface area contributed by atoms with Crippen LogP contribution in [0.1, 0.15) is 26.2 Å². The Bertz CT molecular complexity index is 186. The van der Waals surface area contributed by atoms with Gasteiger partial charge in [-0.15, -0.1) is 24.7 Å². The number of hydrogen-bond acceptors (Lipinski definition) is 1. The van der Waals surface area contributed by atoms with Crippen LogP contribution in [0, 0.1) is 30.6 Å². The van der Waals surface area contributed by atoms with E-state index in [-0.39, 0.29) is 11.7 Å². The summed E-state index contributed by atoms with van der Waals surface area (Å²) in [7, 11) is 0. The van der Waals surface area contributed by atoms with Crippen LogP contribution in [0.5, 0.6) is 0 Å². The lowest BCUT2D eigenvalue weighted by atomic mass is 9.96. The van der Waals surface area contributed by atoms with E-state index in [1.807, 2.05) is 6.92 Å². The van der Waals surface area contributed by atoms with Gasteiger partial charge in [0.2, 0.25) is 0 Å². The second-order valence-electron chi connectivity index (χ2n) is 2.33. The lowest BCUT2D eigenvalue weighted by Crippen LogP contribution is -2.11. The Kier molecular flexibility index (Phi) is 4.95. The van der Waals surface area contributed by atoms with Gasteiger partial charge in [-0.2, -0.15) is 0 Å². The molecule has 0 aliphatic carbocycles. The van der Waals surface area contributed by atoms with Crippen molar-refractivity contribution in [3.63, 3.8) is 0 Å². The fourth-order valence-electron chi connectivity index (χ4n) is 0.873. The highest BCUT2D eigenvalue weighted by Gasteiger charge is 2.13. The molecular weight excluding hydrogens is 136 g/mol. The molecule has 0 aromatic carbocycles. The quantitative estimate of drug-likeness (QED) is 0.554. The zero-order valence-corrected chi connectivity index (χ0v) is 6.76. The van der Waals surface area contributed by atoms with Gasteiger partial charge in [-0.05, 0) is 0 Å². The lowest BCUT2D eigenvalue weighted by Gasteiger charge is -2.06. The van der Waals surface area contributed by atoms with Crippen molar-refractivity contribution in [2.24, 2.45) is 5.92 Å². The normalized spacial score (nSPS) is 8.73. The van der Waals surface area contributed by atoms with E-state index in [0.717, 1.165) is 0 Å². The molecule has 0 heterocycles. The van der Waals surface area contributed by atoms with E-state index in [9.17, 15) is 4.79 Å². The first-order chi connectivity index (χ1) is 5.26. The van der Waals surface area contributed by atoms with Gasteiger partial charge < -0.3 is 0 Å². The van der Waals surface area contributed by atoms with Gasteiger partial charge >= 0.3 is 0 Å². The third-order valence-electron chi connectivity index (χ3n) is 1.53. The molecule has 0 fully saturated rings. The molecule has 58 valence electrons. The number of carbonyl (C=O) groups excluding carboxylic acids is 1. The van der Waals surface area contributed by atoms with Crippen molar-refractivity contribution in [2.45, 2.75) is 26.2 Å². The maximum atomic E-state index is 11.1. The molecule has 1 heteroatoms. The van der Waals surface area contributed by atoms with Gasteiger partial charge in [0, 0.05) is 25.2 Å². The average Bonchev–Trinajstić information content (AvgIpc) is 2.03. The van der Waals surface area contributed by atoms with E-state index in [4.69, 9.17) is 12.8 Å². The van der Waals surface area contributed by atoms with Crippen LogP contribution in [0.2, 0.25) is 0 Å². The van der Waals surface area contributed by atoms with E-state index in [1.54, 1.807) is 0 Å². The smallest absolute Gasteiger partial charge is 0.137 e. The van der Waals surface area contributed by atoms with E-state index < -0.39 is 0 Å². The average molecular weight is 148 g/mol. The minimum Gasteiger partial charge on any atom is -0.299 e. The van der Waals surface area contributed by atoms with E-state index >= 15 is 0 Å². The topological polar surface area (TPSA) is 17.1 Å². The maximum Gasteiger partial charge on any atom is 0.137 e. The fraction of sp³-hybridized carbons (Fsp3) is 0.500. The number of hydrogen-bond donors (Lipinski definition) is 0. The molecule has 0 radical (unpaired) electrons. The molecule has 0 aliphatic rings. The molecule has 0 spiro atoms. The van der Waals surface area contributed by atoms with Crippen molar-refractivity contribution in [3.8, 4) is 24.7 Å². The van der Waals surface area contributed by atoms with Crippen molar-refractivity contribution in [2.75, 3.05) is 0 Å². The van der Waals surface area contributed by atoms with Crippen LogP contribution in [0.15, 0.2) is 0 Å². The molecule has 11 heavy (non-hydrogen) atoms. The highest BCUT2D eigenvalue weighted by Crippen LogP contribution is 2.10. The SMILES string of the molecule is C#CCC(CC#C)C(=O)CC. The van der Waals surface area contributed by atoms with E-state index in [2.05, 4.69) is 11.8 Å². The third kappa shape index (κ3) is 3.48. The van der Waals surface area contributed by atoms with Gasteiger partial charge in [0.1, 0.15) is 5.78 Å². The molecule has 0 saturated carbocycles. The Balaban J connectivity index is 4.02. The molecule has 1 nitrogen and oxygen atoms in total. The predicted octanol–water partition coefficient (Wildman–Crippen LogP) is 1.63. The Hall–Kier alpha value is -1.21. The van der Waals surface area contributed by atoms with Crippen LogP contribution in [0.4, 0.5) is 0 Å². The summed E-state index contributed by atoms with van der Waals surface area (Å²) in [5, 5.41) is 0. The molecule has 0 saturated heterocycles. The maximum absolute atomic E-state index is 11.1.